The smallest absolute Gasteiger partial charge is 0.344 e. The molecule has 2 aromatic carbocycles. The van der Waals surface area contributed by atoms with Crippen LogP contribution >= 0.6 is 0 Å². The first-order valence-corrected chi connectivity index (χ1v) is 12.5. The molecule has 0 bridgehead atoms. The second-order valence-electron chi connectivity index (χ2n) is 8.15. The number of carbonyl (C=O) groups is 3. The maximum atomic E-state index is 13.2. The molecule has 2 atom stereocenters. The van der Waals surface area contributed by atoms with Crippen molar-refractivity contribution < 1.29 is 27.5 Å². The minimum absolute atomic E-state index is 0.0192. The number of urea groups is 1. The number of imide groups is 1. The van der Waals surface area contributed by atoms with Gasteiger partial charge in [-0.3, -0.25) is 15.0 Å². The molecule has 2 fully saturated rings. The normalized spacial score (nSPS) is 22.6. The number of carbonyl (C=O) groups excluding carboxylic acids is 3. The highest BCUT2D eigenvalue weighted by atomic mass is 32.2. The van der Waals surface area contributed by atoms with E-state index in [0.717, 1.165) is 12.8 Å². The lowest BCUT2D eigenvalue weighted by atomic mass is 9.87. The Bertz CT molecular complexity index is 1200. The van der Waals surface area contributed by atoms with Crippen molar-refractivity contribution in [1.29, 1.82) is 0 Å². The second-order valence-corrected chi connectivity index (χ2v) is 9.92. The van der Waals surface area contributed by atoms with Crippen LogP contribution in [0.3, 0.4) is 0 Å². The van der Waals surface area contributed by atoms with E-state index in [9.17, 15) is 22.8 Å². The summed E-state index contributed by atoms with van der Waals surface area (Å²) in [6.45, 7) is 2.50. The second kappa shape index (κ2) is 9.53. The summed E-state index contributed by atoms with van der Waals surface area (Å²) in [5.41, 5.74) is 1.58. The zero-order valence-corrected chi connectivity index (χ0v) is 19.4. The molecular formula is C23H26N4O6S. The van der Waals surface area contributed by atoms with E-state index < -0.39 is 33.4 Å². The van der Waals surface area contributed by atoms with E-state index in [0.29, 0.717) is 17.2 Å². The summed E-state index contributed by atoms with van der Waals surface area (Å²) in [7, 11) is -3.88. The monoisotopic (exact) mass is 486 g/mol. The number of rotatable bonds is 8. The third kappa shape index (κ3) is 4.54. The van der Waals surface area contributed by atoms with Crippen LogP contribution in [0.1, 0.15) is 42.1 Å². The highest BCUT2D eigenvalue weighted by Gasteiger charge is 2.52. The number of sulfonamides is 1. The van der Waals surface area contributed by atoms with Gasteiger partial charge in [-0.25, -0.2) is 17.9 Å². The molecule has 180 valence electrons. The van der Waals surface area contributed by atoms with E-state index in [2.05, 4.69) is 15.5 Å². The van der Waals surface area contributed by atoms with Crippen LogP contribution in [0.15, 0.2) is 59.5 Å². The first-order valence-electron chi connectivity index (χ1n) is 11.0. The number of amides is 4. The van der Waals surface area contributed by atoms with E-state index in [1.165, 1.54) is 24.3 Å². The lowest BCUT2D eigenvalue weighted by Gasteiger charge is -2.25. The molecule has 0 aromatic heterocycles. The number of hydrogen-bond acceptors (Lipinski definition) is 6. The summed E-state index contributed by atoms with van der Waals surface area (Å²) in [4.78, 5) is 38.5. The van der Waals surface area contributed by atoms with Crippen LogP contribution in [0.2, 0.25) is 0 Å². The minimum Gasteiger partial charge on any atom is -0.377 e. The van der Waals surface area contributed by atoms with Gasteiger partial charge in [0, 0.05) is 18.7 Å². The molecule has 4 amide bonds. The van der Waals surface area contributed by atoms with Gasteiger partial charge < -0.3 is 10.1 Å². The summed E-state index contributed by atoms with van der Waals surface area (Å²) in [5.74, 6) is -1.42. The summed E-state index contributed by atoms with van der Waals surface area (Å²) in [6.07, 6.45) is 1.76. The van der Waals surface area contributed by atoms with Crippen molar-refractivity contribution in [3.63, 3.8) is 0 Å². The minimum atomic E-state index is -3.88. The highest BCUT2D eigenvalue weighted by Crippen LogP contribution is 2.31. The maximum Gasteiger partial charge on any atom is 0.344 e. The Kier molecular flexibility index (Phi) is 6.69. The number of hydrazine groups is 1. The Hall–Kier alpha value is -3.28. The molecule has 0 spiro atoms. The largest absolute Gasteiger partial charge is 0.377 e. The topological polar surface area (TPSA) is 134 Å². The molecule has 0 unspecified atom stereocenters. The summed E-state index contributed by atoms with van der Waals surface area (Å²) in [6, 6.07) is 13.4. The van der Waals surface area contributed by atoms with Crippen molar-refractivity contribution in [2.45, 2.75) is 42.7 Å². The van der Waals surface area contributed by atoms with Gasteiger partial charge >= 0.3 is 6.03 Å². The molecule has 2 aliphatic rings. The number of nitrogens with one attached hydrogen (secondary N) is 3. The van der Waals surface area contributed by atoms with E-state index in [-0.39, 0.29) is 29.5 Å². The van der Waals surface area contributed by atoms with Gasteiger partial charge in [0.2, 0.25) is 10.0 Å². The first kappa shape index (κ1) is 23.9. The Labute approximate surface area is 197 Å². The Balaban J connectivity index is 1.49. The van der Waals surface area contributed by atoms with Crippen molar-refractivity contribution in [2.75, 3.05) is 13.2 Å². The third-order valence-electron chi connectivity index (χ3n) is 6.03. The number of benzene rings is 2. The van der Waals surface area contributed by atoms with Crippen LogP contribution in [0.5, 0.6) is 0 Å². The van der Waals surface area contributed by atoms with Crippen molar-refractivity contribution >= 4 is 27.9 Å². The fourth-order valence-corrected chi connectivity index (χ4v) is 5.21. The van der Waals surface area contributed by atoms with Crippen LogP contribution in [0, 0.1) is 0 Å². The molecule has 3 N–H and O–H groups in total. The molecule has 10 nitrogen and oxygen atoms in total. The number of nitrogens with zero attached hydrogens (tertiary/aromatic N) is 1. The van der Waals surface area contributed by atoms with Gasteiger partial charge in [0.05, 0.1) is 11.0 Å². The summed E-state index contributed by atoms with van der Waals surface area (Å²) >= 11 is 0. The fourth-order valence-electron chi connectivity index (χ4n) is 4.10. The molecule has 11 heteroatoms. The number of ether oxygens (including phenoxy) is 1. The summed E-state index contributed by atoms with van der Waals surface area (Å²) in [5, 5.41) is 3.31. The van der Waals surface area contributed by atoms with Gasteiger partial charge in [0.1, 0.15) is 5.54 Å². The van der Waals surface area contributed by atoms with Gasteiger partial charge in [-0.1, -0.05) is 43.3 Å². The zero-order valence-electron chi connectivity index (χ0n) is 18.6. The van der Waals surface area contributed by atoms with Gasteiger partial charge in [-0.2, -0.15) is 5.01 Å². The first-order chi connectivity index (χ1) is 16.3. The number of hydrogen-bond donors (Lipinski definition) is 3. The van der Waals surface area contributed by atoms with Crippen LogP contribution in [0.25, 0.3) is 0 Å². The molecule has 0 aliphatic carbocycles. The standard InChI is InChI=1S/C23H26N4O6S/c1-2-23(17-9-4-3-5-10-17)21(29)27(22(30)25-23)26-20(28)16-8-6-12-19(14-16)34(31,32)24-15-18-11-7-13-33-18/h3-6,8-10,12,14,18,24H,2,7,11,13,15H2,1H3,(H,25,30)(H,26,28)/t18-,23+/m1/s1. The predicted octanol–water partition coefficient (Wildman–Crippen LogP) is 1.65. The van der Waals surface area contributed by atoms with Gasteiger partial charge in [0.15, 0.2) is 0 Å². The maximum absolute atomic E-state index is 13.2. The SMILES string of the molecule is CC[C@@]1(c2ccccc2)NC(=O)N(NC(=O)c2cccc(S(=O)(=O)NC[C@H]3CCCO3)c2)C1=O. The predicted molar refractivity (Wildman–Crippen MR) is 122 cm³/mol. The van der Waals surface area contributed by atoms with E-state index in [1.54, 1.807) is 37.3 Å². The molecule has 0 radical (unpaired) electrons. The lowest BCUT2D eigenvalue weighted by Crippen LogP contribution is -2.48. The van der Waals surface area contributed by atoms with E-state index in [4.69, 9.17) is 4.74 Å². The van der Waals surface area contributed by atoms with Gasteiger partial charge in [-0.15, -0.1) is 0 Å². The van der Waals surface area contributed by atoms with Crippen molar-refractivity contribution in [3.8, 4) is 0 Å². The fraction of sp³-hybridized carbons (Fsp3) is 0.348. The Morgan fingerprint density at radius 2 is 1.94 bits per heavy atom. The van der Waals surface area contributed by atoms with E-state index in [1.807, 2.05) is 0 Å². The zero-order chi connectivity index (χ0) is 24.3. The molecule has 2 heterocycles. The van der Waals surface area contributed by atoms with E-state index >= 15 is 0 Å². The molecule has 34 heavy (non-hydrogen) atoms. The molecule has 4 rings (SSSR count). The quantitative estimate of drug-likeness (QED) is 0.486. The van der Waals surface area contributed by atoms with Crippen molar-refractivity contribution in [1.82, 2.24) is 20.5 Å². The van der Waals surface area contributed by atoms with Gasteiger partial charge in [0.25, 0.3) is 11.8 Å². The molecule has 2 saturated heterocycles. The molecule has 2 aromatic rings. The molecule has 0 saturated carbocycles. The van der Waals surface area contributed by atoms with Crippen LogP contribution in [-0.2, 0) is 25.1 Å². The molecular weight excluding hydrogens is 460 g/mol. The third-order valence-corrected chi connectivity index (χ3v) is 7.45. The average molecular weight is 487 g/mol. The molecule has 2 aliphatic heterocycles. The van der Waals surface area contributed by atoms with Crippen molar-refractivity contribution in [3.05, 3.63) is 65.7 Å². The lowest BCUT2D eigenvalue weighted by molar-refractivity contribution is -0.133. The Morgan fingerprint density at radius 3 is 2.62 bits per heavy atom. The highest BCUT2D eigenvalue weighted by molar-refractivity contribution is 7.89. The Morgan fingerprint density at radius 1 is 1.18 bits per heavy atom. The summed E-state index contributed by atoms with van der Waals surface area (Å²) < 4.78 is 33.3. The van der Waals surface area contributed by atoms with Crippen LogP contribution in [0.4, 0.5) is 4.79 Å². The van der Waals surface area contributed by atoms with Crippen LogP contribution in [-0.4, -0.2) is 50.5 Å². The van der Waals surface area contributed by atoms with Crippen LogP contribution < -0.4 is 15.5 Å². The average Bonchev–Trinajstić information content (AvgIpc) is 3.46. The van der Waals surface area contributed by atoms with Gasteiger partial charge in [-0.05, 0) is 43.0 Å². The van der Waals surface area contributed by atoms with Crippen molar-refractivity contribution in [2.24, 2.45) is 0 Å².